The van der Waals surface area contributed by atoms with E-state index < -0.39 is 11.2 Å². The number of amides is 1. The van der Waals surface area contributed by atoms with Crippen molar-refractivity contribution in [3.05, 3.63) is 75.2 Å². The zero-order valence-electron chi connectivity index (χ0n) is 15.1. The number of hydrogen-bond donors (Lipinski definition) is 1. The summed E-state index contributed by atoms with van der Waals surface area (Å²) in [7, 11) is 0. The Morgan fingerprint density at radius 1 is 0.964 bits per heavy atom. The average molecular weight is 382 g/mol. The standard InChI is InChI=1S/C20H19FN4O3/c21-15-6-2-4-8-17(15)23-9-11-24(12-10-23)18(26)13-25-19(27)14-5-1-3-7-16(14)22-20(25)28/h1-8H,9-13H2,(H,22,28). The average Bonchev–Trinajstić information content (AvgIpc) is 2.71. The van der Waals surface area contributed by atoms with Crippen LogP contribution < -0.4 is 16.1 Å². The van der Waals surface area contributed by atoms with Crippen LogP contribution in [0.5, 0.6) is 0 Å². The fourth-order valence-corrected chi connectivity index (χ4v) is 3.48. The Balaban J connectivity index is 1.49. The molecule has 0 saturated carbocycles. The molecule has 1 aromatic heterocycles. The summed E-state index contributed by atoms with van der Waals surface area (Å²) in [5.41, 5.74) is -0.142. The number of H-pyrrole nitrogens is 1. The number of hydrogen-bond acceptors (Lipinski definition) is 4. The van der Waals surface area contributed by atoms with Gasteiger partial charge in [-0.3, -0.25) is 14.2 Å². The van der Waals surface area contributed by atoms with E-state index in [2.05, 4.69) is 4.98 Å². The van der Waals surface area contributed by atoms with Crippen LogP contribution in [-0.4, -0.2) is 46.5 Å². The van der Waals surface area contributed by atoms with Crippen LogP contribution in [0.25, 0.3) is 10.9 Å². The molecule has 0 atom stereocenters. The van der Waals surface area contributed by atoms with Crippen molar-refractivity contribution >= 4 is 22.5 Å². The van der Waals surface area contributed by atoms with Crippen LogP contribution >= 0.6 is 0 Å². The third-order valence-corrected chi connectivity index (χ3v) is 5.01. The van der Waals surface area contributed by atoms with Gasteiger partial charge in [-0.2, -0.15) is 0 Å². The van der Waals surface area contributed by atoms with Crippen LogP contribution in [0.3, 0.4) is 0 Å². The Labute approximate surface area is 159 Å². The number of rotatable bonds is 3. The minimum Gasteiger partial charge on any atom is -0.366 e. The minimum absolute atomic E-state index is 0.295. The molecular weight excluding hydrogens is 363 g/mol. The van der Waals surface area contributed by atoms with E-state index in [-0.39, 0.29) is 18.3 Å². The SMILES string of the molecule is O=C(Cn1c(=O)[nH]c2ccccc2c1=O)N1CCN(c2ccccc2F)CC1. The Morgan fingerprint density at radius 2 is 1.64 bits per heavy atom. The number of nitrogens with one attached hydrogen (secondary N) is 1. The van der Waals surface area contributed by atoms with Crippen molar-refractivity contribution in [2.24, 2.45) is 0 Å². The number of aromatic nitrogens is 2. The van der Waals surface area contributed by atoms with Crippen molar-refractivity contribution in [3.63, 3.8) is 0 Å². The quantitative estimate of drug-likeness (QED) is 0.738. The smallest absolute Gasteiger partial charge is 0.329 e. The maximum absolute atomic E-state index is 13.9. The van der Waals surface area contributed by atoms with E-state index in [1.165, 1.54) is 6.07 Å². The lowest BCUT2D eigenvalue weighted by Crippen LogP contribution is -2.51. The molecule has 0 radical (unpaired) electrons. The maximum atomic E-state index is 13.9. The van der Waals surface area contributed by atoms with Crippen LogP contribution in [0.15, 0.2) is 58.1 Å². The summed E-state index contributed by atoms with van der Waals surface area (Å²) < 4.78 is 14.9. The van der Waals surface area contributed by atoms with Gasteiger partial charge in [0.1, 0.15) is 12.4 Å². The van der Waals surface area contributed by atoms with E-state index in [1.807, 2.05) is 4.90 Å². The molecule has 0 bridgehead atoms. The highest BCUT2D eigenvalue weighted by Gasteiger charge is 2.23. The molecule has 144 valence electrons. The van der Waals surface area contributed by atoms with E-state index in [1.54, 1.807) is 47.4 Å². The number of nitrogens with zero attached hydrogens (tertiary/aromatic N) is 3. The second-order valence-electron chi connectivity index (χ2n) is 6.69. The molecule has 1 fully saturated rings. The molecule has 0 aliphatic carbocycles. The van der Waals surface area contributed by atoms with Crippen molar-refractivity contribution in [3.8, 4) is 0 Å². The van der Waals surface area contributed by atoms with Gasteiger partial charge in [0.05, 0.1) is 16.6 Å². The summed E-state index contributed by atoms with van der Waals surface area (Å²) in [6.45, 7) is 1.44. The van der Waals surface area contributed by atoms with Crippen LogP contribution in [0, 0.1) is 5.82 Å². The predicted octanol–water partition coefficient (Wildman–Crippen LogP) is 1.18. The van der Waals surface area contributed by atoms with Crippen LogP contribution in [0.4, 0.5) is 10.1 Å². The highest BCUT2D eigenvalue weighted by molar-refractivity contribution is 5.79. The zero-order chi connectivity index (χ0) is 19.7. The van der Waals surface area contributed by atoms with E-state index in [0.717, 1.165) is 4.57 Å². The van der Waals surface area contributed by atoms with Gasteiger partial charge in [0.25, 0.3) is 5.56 Å². The number of carbonyl (C=O) groups excluding carboxylic acids is 1. The van der Waals surface area contributed by atoms with Gasteiger partial charge in [-0.1, -0.05) is 24.3 Å². The molecule has 0 unspecified atom stereocenters. The van der Waals surface area contributed by atoms with Gasteiger partial charge in [-0.05, 0) is 24.3 Å². The lowest BCUT2D eigenvalue weighted by molar-refractivity contribution is -0.132. The molecule has 2 aromatic carbocycles. The number of carbonyl (C=O) groups is 1. The number of anilines is 1. The molecule has 1 N–H and O–H groups in total. The molecule has 7 nitrogen and oxygen atoms in total. The summed E-state index contributed by atoms with van der Waals surface area (Å²) in [6, 6.07) is 13.2. The normalized spacial score (nSPS) is 14.5. The molecule has 3 aromatic rings. The predicted molar refractivity (Wildman–Crippen MR) is 104 cm³/mol. The first-order valence-electron chi connectivity index (χ1n) is 9.04. The second kappa shape index (κ2) is 7.30. The Hall–Kier alpha value is -3.42. The number of halogens is 1. The first kappa shape index (κ1) is 18.0. The molecular formula is C20H19FN4O3. The fraction of sp³-hybridized carbons (Fsp3) is 0.250. The third kappa shape index (κ3) is 3.28. The first-order valence-corrected chi connectivity index (χ1v) is 9.04. The number of fused-ring (bicyclic) bond motifs is 1. The van der Waals surface area contributed by atoms with Crippen LogP contribution in [-0.2, 0) is 11.3 Å². The molecule has 1 saturated heterocycles. The monoisotopic (exact) mass is 382 g/mol. The van der Waals surface area contributed by atoms with E-state index in [9.17, 15) is 18.8 Å². The van der Waals surface area contributed by atoms with Gasteiger partial charge < -0.3 is 14.8 Å². The molecule has 4 rings (SSSR count). The fourth-order valence-electron chi connectivity index (χ4n) is 3.48. The van der Waals surface area contributed by atoms with E-state index in [4.69, 9.17) is 0 Å². The summed E-state index contributed by atoms with van der Waals surface area (Å²) in [4.78, 5) is 43.5. The Bertz CT molecular complexity index is 1150. The van der Waals surface area contributed by atoms with Gasteiger partial charge in [0.15, 0.2) is 0 Å². The molecule has 1 aliphatic rings. The van der Waals surface area contributed by atoms with E-state index >= 15 is 0 Å². The second-order valence-corrected chi connectivity index (χ2v) is 6.69. The van der Waals surface area contributed by atoms with Crippen molar-refractivity contribution in [1.82, 2.24) is 14.5 Å². The maximum Gasteiger partial charge on any atom is 0.329 e. The molecule has 1 amide bonds. The molecule has 28 heavy (non-hydrogen) atoms. The van der Waals surface area contributed by atoms with Gasteiger partial charge >= 0.3 is 5.69 Å². The van der Waals surface area contributed by atoms with Crippen molar-refractivity contribution in [1.29, 1.82) is 0 Å². The Morgan fingerprint density at radius 3 is 2.39 bits per heavy atom. The van der Waals surface area contributed by atoms with Gasteiger partial charge in [-0.15, -0.1) is 0 Å². The highest BCUT2D eigenvalue weighted by atomic mass is 19.1. The molecule has 1 aliphatic heterocycles. The van der Waals surface area contributed by atoms with E-state index in [0.29, 0.717) is 42.8 Å². The highest BCUT2D eigenvalue weighted by Crippen LogP contribution is 2.20. The largest absolute Gasteiger partial charge is 0.366 e. The number of benzene rings is 2. The minimum atomic E-state index is -0.609. The Kier molecular flexibility index (Phi) is 4.68. The summed E-state index contributed by atoms with van der Waals surface area (Å²) in [5, 5.41) is 0.360. The number of para-hydroxylation sites is 2. The van der Waals surface area contributed by atoms with Gasteiger partial charge in [-0.25, -0.2) is 9.18 Å². The topological polar surface area (TPSA) is 78.4 Å². The molecule has 2 heterocycles. The lowest BCUT2D eigenvalue weighted by Gasteiger charge is -2.36. The zero-order valence-corrected chi connectivity index (χ0v) is 15.1. The van der Waals surface area contributed by atoms with Crippen LogP contribution in [0.1, 0.15) is 0 Å². The lowest BCUT2D eigenvalue weighted by atomic mass is 10.2. The number of aromatic amines is 1. The first-order chi connectivity index (χ1) is 13.5. The van der Waals surface area contributed by atoms with Crippen molar-refractivity contribution < 1.29 is 9.18 Å². The molecule has 0 spiro atoms. The number of piperazine rings is 1. The third-order valence-electron chi connectivity index (χ3n) is 5.01. The van der Waals surface area contributed by atoms with Crippen LogP contribution in [0.2, 0.25) is 0 Å². The van der Waals surface area contributed by atoms with Crippen molar-refractivity contribution in [2.45, 2.75) is 6.54 Å². The molecule has 8 heteroatoms. The summed E-state index contributed by atoms with van der Waals surface area (Å²) in [5.74, 6) is -0.604. The summed E-state index contributed by atoms with van der Waals surface area (Å²) >= 11 is 0. The van der Waals surface area contributed by atoms with Gasteiger partial charge in [0.2, 0.25) is 5.91 Å². The van der Waals surface area contributed by atoms with Gasteiger partial charge in [0, 0.05) is 26.2 Å². The van der Waals surface area contributed by atoms with Crippen molar-refractivity contribution in [2.75, 3.05) is 31.1 Å². The summed E-state index contributed by atoms with van der Waals surface area (Å²) in [6.07, 6.45) is 0.